The van der Waals surface area contributed by atoms with E-state index in [1.54, 1.807) is 0 Å². The van der Waals surface area contributed by atoms with Gasteiger partial charge in [0.2, 0.25) is 0 Å². The summed E-state index contributed by atoms with van der Waals surface area (Å²) in [6.45, 7) is 0. The second-order valence-corrected chi connectivity index (χ2v) is 6.37. The molecule has 124 valence electrons. The standard InChI is InChI=1S/C8H12.2C6H4Br.Pt/c1-2-4-6-8-7-5-3-1;2*7-6-4-2-1-3-5-6;/h1-2,7-8H,3-6H2;2*2-5H;/q;2*-1;+2. The third kappa shape index (κ3) is 14.9. The van der Waals surface area contributed by atoms with Gasteiger partial charge in [0.05, 0.1) is 0 Å². The van der Waals surface area contributed by atoms with Crippen LogP contribution in [0.1, 0.15) is 25.7 Å². The minimum atomic E-state index is 0. The third-order valence-corrected chi connectivity index (χ3v) is 3.75. The molecule has 3 heteroatoms. The molecular formula is C20H20Br2Pt. The predicted octanol–water partition coefficient (Wildman–Crippen LogP) is 7.17. The molecule has 2 aromatic rings. The maximum Gasteiger partial charge on any atom is 2.00 e. The fourth-order valence-electron chi connectivity index (χ4n) is 1.59. The van der Waals surface area contributed by atoms with Crippen LogP contribution < -0.4 is 0 Å². The second-order valence-electron chi connectivity index (χ2n) is 4.53. The summed E-state index contributed by atoms with van der Waals surface area (Å²) in [5, 5.41) is 0. The molecule has 0 amide bonds. The number of hydrogen-bond acceptors (Lipinski definition) is 0. The van der Waals surface area contributed by atoms with Gasteiger partial charge in [-0.25, -0.2) is 0 Å². The molecule has 0 heterocycles. The van der Waals surface area contributed by atoms with Gasteiger partial charge in [-0.05, 0) is 25.7 Å². The molecule has 0 saturated carbocycles. The summed E-state index contributed by atoms with van der Waals surface area (Å²) < 4.78 is 2.21. The number of halogens is 2. The summed E-state index contributed by atoms with van der Waals surface area (Å²) >= 11 is 6.58. The first-order valence-corrected chi connectivity index (χ1v) is 8.91. The SMILES string of the molecule is Brc1cc[c-]cc1.Brc1cc[c-]cc1.C1=CCCC=CCC1.[Pt+2]. The maximum atomic E-state index is 3.29. The van der Waals surface area contributed by atoms with Crippen LogP contribution in [0, 0.1) is 12.1 Å². The number of allylic oxidation sites excluding steroid dienone is 4. The van der Waals surface area contributed by atoms with Crippen LogP contribution in [-0.4, -0.2) is 0 Å². The summed E-state index contributed by atoms with van der Waals surface area (Å²) in [5.74, 6) is 0. The zero-order valence-corrected chi connectivity index (χ0v) is 18.3. The molecule has 0 unspecified atom stereocenters. The van der Waals surface area contributed by atoms with Crippen molar-refractivity contribution in [3.8, 4) is 0 Å². The van der Waals surface area contributed by atoms with Crippen molar-refractivity contribution in [3.05, 3.63) is 93.9 Å². The average Bonchev–Trinajstić information content (AvgIpc) is 2.49. The fourth-order valence-corrected chi connectivity index (χ4v) is 2.12. The minimum absolute atomic E-state index is 0. The Morgan fingerprint density at radius 1 is 0.565 bits per heavy atom. The van der Waals surface area contributed by atoms with Crippen LogP contribution in [0.4, 0.5) is 0 Å². The van der Waals surface area contributed by atoms with Gasteiger partial charge in [-0.15, -0.1) is 0 Å². The van der Waals surface area contributed by atoms with E-state index in [1.165, 1.54) is 25.7 Å². The maximum absolute atomic E-state index is 3.29. The van der Waals surface area contributed by atoms with Crippen LogP contribution >= 0.6 is 31.9 Å². The van der Waals surface area contributed by atoms with Gasteiger partial charge in [0.25, 0.3) is 0 Å². The monoisotopic (exact) mass is 613 g/mol. The summed E-state index contributed by atoms with van der Waals surface area (Å²) in [6.07, 6.45) is 14.0. The summed E-state index contributed by atoms with van der Waals surface area (Å²) in [5.41, 5.74) is 0. The van der Waals surface area contributed by atoms with Crippen molar-refractivity contribution in [1.29, 1.82) is 0 Å². The van der Waals surface area contributed by atoms with Crippen molar-refractivity contribution >= 4 is 31.9 Å². The van der Waals surface area contributed by atoms with Crippen LogP contribution in [-0.2, 0) is 21.1 Å². The van der Waals surface area contributed by atoms with E-state index < -0.39 is 0 Å². The number of hydrogen-bond donors (Lipinski definition) is 0. The van der Waals surface area contributed by atoms with E-state index in [2.05, 4.69) is 68.3 Å². The Balaban J connectivity index is 0.000000310. The molecule has 0 spiro atoms. The molecule has 2 aromatic carbocycles. The molecule has 1 aliphatic carbocycles. The average molecular weight is 615 g/mol. The van der Waals surface area contributed by atoms with Crippen molar-refractivity contribution in [2.75, 3.05) is 0 Å². The second kappa shape index (κ2) is 16.4. The fraction of sp³-hybridized carbons (Fsp3) is 0.200. The Hall–Kier alpha value is -0.432. The van der Waals surface area contributed by atoms with Gasteiger partial charge in [0, 0.05) is 0 Å². The van der Waals surface area contributed by atoms with E-state index >= 15 is 0 Å². The minimum Gasteiger partial charge on any atom is -0.184 e. The van der Waals surface area contributed by atoms with Gasteiger partial charge in [-0.3, -0.25) is 0 Å². The first kappa shape index (κ1) is 22.6. The molecule has 0 bridgehead atoms. The van der Waals surface area contributed by atoms with Gasteiger partial charge < -0.3 is 0 Å². The Morgan fingerprint density at radius 3 is 1.00 bits per heavy atom. The Bertz CT molecular complexity index is 473. The van der Waals surface area contributed by atoms with E-state index in [9.17, 15) is 0 Å². The van der Waals surface area contributed by atoms with Crippen molar-refractivity contribution in [2.24, 2.45) is 0 Å². The van der Waals surface area contributed by atoms with Crippen molar-refractivity contribution < 1.29 is 21.1 Å². The smallest absolute Gasteiger partial charge is 0.184 e. The largest absolute Gasteiger partial charge is 2.00 e. The van der Waals surface area contributed by atoms with Crippen molar-refractivity contribution in [1.82, 2.24) is 0 Å². The van der Waals surface area contributed by atoms with Crippen molar-refractivity contribution in [2.45, 2.75) is 25.7 Å². The molecule has 1 aliphatic rings. The molecule has 0 fully saturated rings. The zero-order chi connectivity index (χ0) is 15.9. The third-order valence-electron chi connectivity index (χ3n) is 2.69. The van der Waals surface area contributed by atoms with E-state index in [0.717, 1.165) is 8.95 Å². The summed E-state index contributed by atoms with van der Waals surface area (Å²) in [7, 11) is 0. The van der Waals surface area contributed by atoms with E-state index in [4.69, 9.17) is 0 Å². The van der Waals surface area contributed by atoms with Crippen molar-refractivity contribution in [3.63, 3.8) is 0 Å². The van der Waals surface area contributed by atoms with Crippen LogP contribution in [0.25, 0.3) is 0 Å². The van der Waals surface area contributed by atoms with Crippen LogP contribution in [0.15, 0.2) is 81.8 Å². The quantitative estimate of drug-likeness (QED) is 0.218. The Morgan fingerprint density at radius 2 is 0.826 bits per heavy atom. The first-order chi connectivity index (χ1) is 10.8. The van der Waals surface area contributed by atoms with E-state index in [0.29, 0.717) is 0 Å². The molecular weight excluding hydrogens is 595 g/mol. The number of benzene rings is 2. The summed E-state index contributed by atoms with van der Waals surface area (Å²) in [6, 6.07) is 21.0. The summed E-state index contributed by atoms with van der Waals surface area (Å²) in [4.78, 5) is 0. The molecule has 0 N–H and O–H groups in total. The normalized spacial score (nSPS) is 12.3. The molecule has 0 aromatic heterocycles. The van der Waals surface area contributed by atoms with Crippen LogP contribution in [0.2, 0.25) is 0 Å². The molecule has 0 atom stereocenters. The molecule has 0 radical (unpaired) electrons. The Labute approximate surface area is 171 Å². The predicted molar refractivity (Wildman–Crippen MR) is 103 cm³/mol. The molecule has 0 aliphatic heterocycles. The van der Waals surface area contributed by atoms with Gasteiger partial charge in [-0.1, -0.05) is 65.1 Å². The number of rotatable bonds is 0. The van der Waals surface area contributed by atoms with Gasteiger partial charge in [0.1, 0.15) is 0 Å². The van der Waals surface area contributed by atoms with Gasteiger partial charge >= 0.3 is 21.1 Å². The zero-order valence-electron chi connectivity index (χ0n) is 12.8. The molecule has 0 nitrogen and oxygen atoms in total. The first-order valence-electron chi connectivity index (χ1n) is 7.32. The Kier molecular flexibility index (Phi) is 16.1. The van der Waals surface area contributed by atoms with E-state index in [-0.39, 0.29) is 21.1 Å². The van der Waals surface area contributed by atoms with Gasteiger partial charge in [-0.2, -0.15) is 60.7 Å². The molecule has 23 heavy (non-hydrogen) atoms. The molecule has 3 rings (SSSR count). The van der Waals surface area contributed by atoms with Gasteiger partial charge in [0.15, 0.2) is 0 Å². The van der Waals surface area contributed by atoms with Crippen LogP contribution in [0.5, 0.6) is 0 Å². The molecule has 0 saturated heterocycles. The topological polar surface area (TPSA) is 0 Å². The van der Waals surface area contributed by atoms with E-state index in [1.807, 2.05) is 48.5 Å². The van der Waals surface area contributed by atoms with Crippen LogP contribution in [0.3, 0.4) is 0 Å².